The fraction of sp³-hybridized carbons (Fsp3) is 0.188. The molecule has 204 valence electrons. The van der Waals surface area contributed by atoms with Gasteiger partial charge in [-0.25, -0.2) is 0 Å². The second kappa shape index (κ2) is 12.3. The molecule has 0 spiro atoms. The summed E-state index contributed by atoms with van der Waals surface area (Å²) in [5, 5.41) is 2.98. The fourth-order valence-electron chi connectivity index (χ4n) is 4.57. The molecule has 5 rings (SSSR count). The lowest BCUT2D eigenvalue weighted by Crippen LogP contribution is -2.41. The molecule has 8 heteroatoms. The van der Waals surface area contributed by atoms with Gasteiger partial charge in [0.2, 0.25) is 12.7 Å². The molecule has 0 saturated carbocycles. The first-order valence-corrected chi connectivity index (χ1v) is 12.8. The summed E-state index contributed by atoms with van der Waals surface area (Å²) in [7, 11) is 3.18. The molecule has 8 nitrogen and oxygen atoms in total. The van der Waals surface area contributed by atoms with Crippen molar-refractivity contribution in [2.75, 3.05) is 26.3 Å². The Bertz CT molecular complexity index is 1460. The zero-order chi connectivity index (χ0) is 27.9. The maximum atomic E-state index is 14.0. The summed E-state index contributed by atoms with van der Waals surface area (Å²) in [4.78, 5) is 29.6. The van der Waals surface area contributed by atoms with Gasteiger partial charge in [-0.15, -0.1) is 0 Å². The molecule has 0 bridgehead atoms. The fourth-order valence-corrected chi connectivity index (χ4v) is 4.57. The third-order valence-electron chi connectivity index (χ3n) is 6.66. The number of fused-ring (bicyclic) bond motifs is 1. The predicted octanol–water partition coefficient (Wildman–Crippen LogP) is 5.38. The lowest BCUT2D eigenvalue weighted by Gasteiger charge is -2.32. The first-order chi connectivity index (χ1) is 19.5. The minimum Gasteiger partial charge on any atom is -0.497 e. The molecule has 0 radical (unpaired) electrons. The van der Waals surface area contributed by atoms with Crippen LogP contribution in [0.5, 0.6) is 23.0 Å². The number of ether oxygens (including phenoxy) is 4. The second-order valence-corrected chi connectivity index (χ2v) is 9.27. The SMILES string of the molecule is COc1ccc(CN(C(=O)Cc2ccccc2)C(C(=O)Nc2ccc3c(c2)OCO3)c2ccc(OC)cc2)cc1. The lowest BCUT2D eigenvalue weighted by atomic mass is 10.0. The number of anilines is 1. The third kappa shape index (κ3) is 6.18. The number of rotatable bonds is 10. The number of hydrogen-bond donors (Lipinski definition) is 1. The van der Waals surface area contributed by atoms with Crippen LogP contribution < -0.4 is 24.3 Å². The summed E-state index contributed by atoms with van der Waals surface area (Å²) >= 11 is 0. The van der Waals surface area contributed by atoms with E-state index in [1.807, 2.05) is 54.6 Å². The number of methoxy groups -OCH3 is 2. The molecule has 4 aromatic carbocycles. The maximum Gasteiger partial charge on any atom is 0.251 e. The number of carbonyl (C=O) groups excluding carboxylic acids is 2. The minimum atomic E-state index is -0.936. The Morgan fingerprint density at radius 1 is 0.800 bits per heavy atom. The van der Waals surface area contributed by atoms with Crippen molar-refractivity contribution in [1.29, 1.82) is 0 Å². The standard InChI is InChI=1S/C32H30N2O6/c1-37-26-13-8-23(9-14-26)20-34(30(35)18-22-6-4-3-5-7-22)31(24-10-15-27(38-2)16-11-24)32(36)33-25-12-17-28-29(19-25)40-21-39-28/h3-17,19,31H,18,20-21H2,1-2H3,(H,33,36). The van der Waals surface area contributed by atoms with Crippen LogP contribution in [-0.2, 0) is 22.6 Å². The van der Waals surface area contributed by atoms with Crippen LogP contribution in [-0.4, -0.2) is 37.7 Å². The van der Waals surface area contributed by atoms with Gasteiger partial charge < -0.3 is 29.2 Å². The van der Waals surface area contributed by atoms with Gasteiger partial charge in [0.1, 0.15) is 17.5 Å². The first-order valence-electron chi connectivity index (χ1n) is 12.8. The Hall–Kier alpha value is -4.98. The highest BCUT2D eigenvalue weighted by molar-refractivity contribution is 5.98. The average Bonchev–Trinajstić information content (AvgIpc) is 3.46. The Labute approximate surface area is 233 Å². The van der Waals surface area contributed by atoms with Crippen molar-refractivity contribution < 1.29 is 28.5 Å². The quantitative estimate of drug-likeness (QED) is 0.292. The summed E-state index contributed by atoms with van der Waals surface area (Å²) in [5.41, 5.74) is 2.90. The first kappa shape index (κ1) is 26.6. The van der Waals surface area contributed by atoms with Crippen LogP contribution in [0.25, 0.3) is 0 Å². The third-order valence-corrected chi connectivity index (χ3v) is 6.66. The molecule has 1 heterocycles. The summed E-state index contributed by atoms with van der Waals surface area (Å²) in [6, 6.07) is 28.4. The monoisotopic (exact) mass is 538 g/mol. The van der Waals surface area contributed by atoms with Crippen molar-refractivity contribution in [3.8, 4) is 23.0 Å². The number of amides is 2. The van der Waals surface area contributed by atoms with Gasteiger partial charge in [0.15, 0.2) is 11.5 Å². The number of carbonyl (C=O) groups is 2. The van der Waals surface area contributed by atoms with Crippen molar-refractivity contribution in [2.45, 2.75) is 19.0 Å². The van der Waals surface area contributed by atoms with Gasteiger partial charge in [-0.05, 0) is 53.1 Å². The molecule has 0 aromatic heterocycles. The number of benzene rings is 4. The summed E-state index contributed by atoms with van der Waals surface area (Å²) < 4.78 is 21.5. The van der Waals surface area contributed by atoms with E-state index in [1.165, 1.54) is 0 Å². The van der Waals surface area contributed by atoms with E-state index >= 15 is 0 Å². The average molecular weight is 539 g/mol. The van der Waals surface area contributed by atoms with Crippen LogP contribution in [0.2, 0.25) is 0 Å². The topological polar surface area (TPSA) is 86.3 Å². The summed E-state index contributed by atoms with van der Waals surface area (Å²) in [6.45, 7) is 0.339. The van der Waals surface area contributed by atoms with Crippen LogP contribution in [0.15, 0.2) is 97.1 Å². The van der Waals surface area contributed by atoms with E-state index < -0.39 is 6.04 Å². The molecule has 0 aliphatic carbocycles. The number of hydrogen-bond acceptors (Lipinski definition) is 6. The van der Waals surface area contributed by atoms with Gasteiger partial charge in [-0.3, -0.25) is 9.59 Å². The lowest BCUT2D eigenvalue weighted by molar-refractivity contribution is -0.139. The molecule has 4 aromatic rings. The molecule has 2 amide bonds. The number of nitrogens with one attached hydrogen (secondary N) is 1. The minimum absolute atomic E-state index is 0.130. The Morgan fingerprint density at radius 2 is 1.45 bits per heavy atom. The van der Waals surface area contributed by atoms with E-state index in [1.54, 1.807) is 61.6 Å². The highest BCUT2D eigenvalue weighted by Crippen LogP contribution is 2.35. The zero-order valence-corrected chi connectivity index (χ0v) is 22.3. The van der Waals surface area contributed by atoms with Crippen molar-refractivity contribution in [2.24, 2.45) is 0 Å². The van der Waals surface area contributed by atoms with Gasteiger partial charge >= 0.3 is 0 Å². The van der Waals surface area contributed by atoms with E-state index in [-0.39, 0.29) is 31.6 Å². The molecule has 1 atom stereocenters. The molecular weight excluding hydrogens is 508 g/mol. The van der Waals surface area contributed by atoms with Crippen molar-refractivity contribution in [3.63, 3.8) is 0 Å². The normalized spacial score (nSPS) is 12.3. The summed E-state index contributed by atoms with van der Waals surface area (Å²) in [6.07, 6.45) is 0.140. The van der Waals surface area contributed by atoms with E-state index in [2.05, 4.69) is 5.32 Å². The van der Waals surface area contributed by atoms with Gasteiger partial charge in [0.05, 0.1) is 20.6 Å². The summed E-state index contributed by atoms with van der Waals surface area (Å²) in [5.74, 6) is 1.97. The van der Waals surface area contributed by atoms with E-state index in [4.69, 9.17) is 18.9 Å². The van der Waals surface area contributed by atoms with E-state index in [0.29, 0.717) is 34.2 Å². The Morgan fingerprint density at radius 3 is 2.12 bits per heavy atom. The van der Waals surface area contributed by atoms with Crippen molar-refractivity contribution in [1.82, 2.24) is 4.90 Å². The molecule has 1 aliphatic heterocycles. The molecule has 1 N–H and O–H groups in total. The van der Waals surface area contributed by atoms with Crippen LogP contribution in [0.4, 0.5) is 5.69 Å². The van der Waals surface area contributed by atoms with Crippen LogP contribution in [0.3, 0.4) is 0 Å². The highest BCUT2D eigenvalue weighted by Gasteiger charge is 2.32. The Balaban J connectivity index is 1.52. The highest BCUT2D eigenvalue weighted by atomic mass is 16.7. The van der Waals surface area contributed by atoms with Gasteiger partial charge in [0, 0.05) is 18.3 Å². The zero-order valence-electron chi connectivity index (χ0n) is 22.3. The van der Waals surface area contributed by atoms with Crippen LogP contribution in [0.1, 0.15) is 22.7 Å². The maximum absolute atomic E-state index is 14.0. The van der Waals surface area contributed by atoms with Crippen molar-refractivity contribution >= 4 is 17.5 Å². The second-order valence-electron chi connectivity index (χ2n) is 9.27. The van der Waals surface area contributed by atoms with Gasteiger partial charge in [-0.1, -0.05) is 54.6 Å². The van der Waals surface area contributed by atoms with Crippen molar-refractivity contribution in [3.05, 3.63) is 114 Å². The molecule has 1 aliphatic rings. The predicted molar refractivity (Wildman–Crippen MR) is 151 cm³/mol. The Kier molecular flexibility index (Phi) is 8.15. The van der Waals surface area contributed by atoms with E-state index in [9.17, 15) is 9.59 Å². The molecule has 0 fully saturated rings. The molecule has 1 unspecified atom stereocenters. The molecular formula is C32H30N2O6. The smallest absolute Gasteiger partial charge is 0.251 e. The molecule has 0 saturated heterocycles. The molecule has 40 heavy (non-hydrogen) atoms. The number of nitrogens with zero attached hydrogens (tertiary/aromatic N) is 1. The van der Waals surface area contributed by atoms with E-state index in [0.717, 1.165) is 11.1 Å². The van der Waals surface area contributed by atoms with Gasteiger partial charge in [-0.2, -0.15) is 0 Å². The van der Waals surface area contributed by atoms with Crippen LogP contribution in [0, 0.1) is 0 Å². The largest absolute Gasteiger partial charge is 0.497 e. The van der Waals surface area contributed by atoms with Gasteiger partial charge in [0.25, 0.3) is 5.91 Å². The van der Waals surface area contributed by atoms with Crippen LogP contribution >= 0.6 is 0 Å².